The second-order valence-corrected chi connectivity index (χ2v) is 5.41. The lowest BCUT2D eigenvalue weighted by molar-refractivity contribution is -0.386. The van der Waals surface area contributed by atoms with Crippen molar-refractivity contribution in [3.8, 4) is 0 Å². The summed E-state index contributed by atoms with van der Waals surface area (Å²) in [5.74, 6) is -0.314. The van der Waals surface area contributed by atoms with Gasteiger partial charge in [-0.25, -0.2) is 0 Å². The largest absolute Gasteiger partial charge is 0.339 e. The van der Waals surface area contributed by atoms with Gasteiger partial charge in [0.05, 0.1) is 27.2 Å². The summed E-state index contributed by atoms with van der Waals surface area (Å²) in [7, 11) is 0. The quantitative estimate of drug-likeness (QED) is 0.470. The molecule has 2 aromatic rings. The molecule has 0 aliphatic carbocycles. The van der Waals surface area contributed by atoms with Gasteiger partial charge in [0.15, 0.2) is 5.78 Å². The van der Waals surface area contributed by atoms with Crippen molar-refractivity contribution < 1.29 is 9.72 Å². The first-order chi connectivity index (χ1) is 9.90. The van der Waals surface area contributed by atoms with E-state index in [1.54, 1.807) is 24.3 Å². The number of nitro groups is 1. The van der Waals surface area contributed by atoms with Crippen LogP contribution in [0.4, 0.5) is 5.69 Å². The number of hydrogen-bond donors (Lipinski definition) is 0. The van der Waals surface area contributed by atoms with E-state index in [0.717, 1.165) is 6.20 Å². The van der Waals surface area contributed by atoms with Gasteiger partial charge in [-0.15, -0.1) is 0 Å². The minimum Gasteiger partial charge on any atom is -0.339 e. The number of pyridine rings is 1. The number of nitrogens with zero attached hydrogens (tertiary/aromatic N) is 2. The lowest BCUT2D eigenvalue weighted by Gasteiger charge is -2.07. The number of benzene rings is 1. The minimum absolute atomic E-state index is 0.0173. The number of carbonyl (C=O) groups is 1. The number of aromatic nitrogens is 1. The average molecular weight is 372 g/mol. The van der Waals surface area contributed by atoms with Gasteiger partial charge >= 0.3 is 5.69 Å². The van der Waals surface area contributed by atoms with Crippen molar-refractivity contribution in [2.24, 2.45) is 0 Å². The number of rotatable bonds is 4. The monoisotopic (exact) mass is 370 g/mol. The molecule has 0 unspecified atom stereocenters. The molecule has 2 rings (SSSR count). The van der Waals surface area contributed by atoms with E-state index in [2.05, 4.69) is 15.9 Å². The molecule has 1 heterocycles. The molecule has 0 radical (unpaired) electrons. The van der Waals surface area contributed by atoms with Crippen LogP contribution in [0, 0.1) is 10.1 Å². The summed E-state index contributed by atoms with van der Waals surface area (Å²) in [4.78, 5) is 33.7. The van der Waals surface area contributed by atoms with E-state index in [1.165, 1.54) is 10.8 Å². The van der Waals surface area contributed by atoms with Crippen molar-refractivity contribution in [2.75, 3.05) is 0 Å². The van der Waals surface area contributed by atoms with Gasteiger partial charge in [0.25, 0.3) is 5.43 Å². The summed E-state index contributed by atoms with van der Waals surface area (Å²) in [6, 6.07) is 6.51. The Morgan fingerprint density at radius 1 is 1.33 bits per heavy atom. The maximum absolute atomic E-state index is 12.1. The number of hydrogen-bond acceptors (Lipinski definition) is 4. The Labute approximate surface area is 132 Å². The van der Waals surface area contributed by atoms with E-state index in [4.69, 9.17) is 11.6 Å². The van der Waals surface area contributed by atoms with Gasteiger partial charge in [-0.1, -0.05) is 23.7 Å². The molecule has 0 aliphatic heterocycles. The van der Waals surface area contributed by atoms with Crippen LogP contribution >= 0.6 is 27.5 Å². The van der Waals surface area contributed by atoms with Crippen LogP contribution in [0.1, 0.15) is 10.4 Å². The number of Topliss-reactive ketones (excluding diaryl/α,β-unsaturated/α-hetero) is 1. The molecule has 1 aromatic heterocycles. The highest BCUT2D eigenvalue weighted by atomic mass is 79.9. The summed E-state index contributed by atoms with van der Waals surface area (Å²) >= 11 is 8.88. The van der Waals surface area contributed by atoms with E-state index in [1.807, 2.05) is 0 Å². The van der Waals surface area contributed by atoms with Gasteiger partial charge in [-0.05, 0) is 28.1 Å². The van der Waals surface area contributed by atoms with Crippen LogP contribution in [0.25, 0.3) is 0 Å². The molecule has 0 N–H and O–H groups in total. The third-order valence-corrected chi connectivity index (χ3v) is 3.61. The second kappa shape index (κ2) is 6.19. The Bertz CT molecular complexity index is 788. The van der Waals surface area contributed by atoms with Gasteiger partial charge in [0, 0.05) is 11.8 Å². The SMILES string of the molecule is O=C(Cn1cc(Br)c(=O)c([N+](=O)[O-])c1)c1ccccc1Cl. The molecule has 0 amide bonds. The van der Waals surface area contributed by atoms with Gasteiger partial charge in [-0.2, -0.15) is 0 Å². The second-order valence-electron chi connectivity index (χ2n) is 4.15. The summed E-state index contributed by atoms with van der Waals surface area (Å²) < 4.78 is 1.29. The summed E-state index contributed by atoms with van der Waals surface area (Å²) in [6.07, 6.45) is 2.35. The third-order valence-electron chi connectivity index (χ3n) is 2.71. The molecule has 0 saturated carbocycles. The van der Waals surface area contributed by atoms with E-state index < -0.39 is 16.0 Å². The van der Waals surface area contributed by atoms with Crippen LogP contribution in [0.15, 0.2) is 45.9 Å². The Morgan fingerprint density at radius 3 is 2.62 bits per heavy atom. The molecule has 21 heavy (non-hydrogen) atoms. The number of ketones is 1. The Kier molecular flexibility index (Phi) is 4.54. The van der Waals surface area contributed by atoms with Gasteiger partial charge < -0.3 is 4.57 Å². The standard InChI is InChI=1S/C13H8BrClN2O4/c14-9-5-16(6-11(13(9)19)17(20)21)7-12(18)8-3-1-2-4-10(8)15/h1-6H,7H2. The normalized spacial score (nSPS) is 10.4. The fourth-order valence-electron chi connectivity index (χ4n) is 1.74. The highest BCUT2D eigenvalue weighted by molar-refractivity contribution is 9.10. The molecular weight excluding hydrogens is 364 g/mol. The predicted molar refractivity (Wildman–Crippen MR) is 80.8 cm³/mol. The van der Waals surface area contributed by atoms with E-state index >= 15 is 0 Å². The average Bonchev–Trinajstić information content (AvgIpc) is 2.42. The maximum atomic E-state index is 12.1. The van der Waals surface area contributed by atoms with E-state index in [9.17, 15) is 19.7 Å². The molecule has 6 nitrogen and oxygen atoms in total. The summed E-state index contributed by atoms with van der Waals surface area (Å²) in [5, 5.41) is 11.1. The van der Waals surface area contributed by atoms with Crippen LogP contribution in [0.5, 0.6) is 0 Å². The molecule has 108 valence electrons. The van der Waals surface area contributed by atoms with Crippen molar-refractivity contribution in [1.29, 1.82) is 0 Å². The lowest BCUT2D eigenvalue weighted by atomic mass is 10.1. The molecule has 0 bridgehead atoms. The third kappa shape index (κ3) is 3.37. The molecular formula is C13H8BrClN2O4. The zero-order chi connectivity index (χ0) is 15.6. The predicted octanol–water partition coefficient (Wildman–Crippen LogP) is 3.06. The fourth-order valence-corrected chi connectivity index (χ4v) is 2.45. The molecule has 0 aliphatic rings. The van der Waals surface area contributed by atoms with Crippen molar-refractivity contribution in [2.45, 2.75) is 6.54 Å². The van der Waals surface area contributed by atoms with Crippen molar-refractivity contribution in [1.82, 2.24) is 4.57 Å². The number of halogens is 2. The molecule has 8 heteroatoms. The molecule has 0 saturated heterocycles. The highest BCUT2D eigenvalue weighted by Gasteiger charge is 2.17. The first kappa shape index (κ1) is 15.4. The number of carbonyl (C=O) groups excluding carboxylic acids is 1. The first-order valence-corrected chi connectivity index (χ1v) is 6.89. The zero-order valence-electron chi connectivity index (χ0n) is 10.5. The smallest absolute Gasteiger partial charge is 0.333 e. The lowest BCUT2D eigenvalue weighted by Crippen LogP contribution is -2.16. The Morgan fingerprint density at radius 2 is 2.00 bits per heavy atom. The van der Waals surface area contributed by atoms with Gasteiger partial charge in [-0.3, -0.25) is 19.7 Å². The summed E-state index contributed by atoms with van der Waals surface area (Å²) in [6.45, 7) is -0.163. The minimum atomic E-state index is -0.788. The highest BCUT2D eigenvalue weighted by Crippen LogP contribution is 2.17. The van der Waals surface area contributed by atoms with Crippen LogP contribution < -0.4 is 5.43 Å². The molecule has 0 atom stereocenters. The molecule has 0 fully saturated rings. The summed E-state index contributed by atoms with van der Waals surface area (Å²) in [5.41, 5.74) is -1.02. The topological polar surface area (TPSA) is 82.2 Å². The Hall–Kier alpha value is -1.99. The van der Waals surface area contributed by atoms with Crippen molar-refractivity contribution in [3.63, 3.8) is 0 Å². The molecule has 1 aromatic carbocycles. The maximum Gasteiger partial charge on any atom is 0.333 e. The van der Waals surface area contributed by atoms with Crippen molar-refractivity contribution in [3.05, 3.63) is 72.1 Å². The van der Waals surface area contributed by atoms with Crippen LogP contribution in [0.3, 0.4) is 0 Å². The van der Waals surface area contributed by atoms with Crippen LogP contribution in [-0.2, 0) is 6.54 Å². The van der Waals surface area contributed by atoms with E-state index in [-0.39, 0.29) is 16.8 Å². The zero-order valence-corrected chi connectivity index (χ0v) is 12.8. The first-order valence-electron chi connectivity index (χ1n) is 5.72. The molecule has 0 spiro atoms. The van der Waals surface area contributed by atoms with Crippen LogP contribution in [0.2, 0.25) is 5.02 Å². The van der Waals surface area contributed by atoms with Gasteiger partial charge in [0.2, 0.25) is 0 Å². The fraction of sp³-hybridized carbons (Fsp3) is 0.0769. The van der Waals surface area contributed by atoms with Crippen molar-refractivity contribution >= 4 is 39.0 Å². The van der Waals surface area contributed by atoms with Gasteiger partial charge in [0.1, 0.15) is 0 Å². The Balaban J connectivity index is 2.37. The van der Waals surface area contributed by atoms with Crippen LogP contribution in [-0.4, -0.2) is 15.3 Å². The van der Waals surface area contributed by atoms with E-state index in [0.29, 0.717) is 10.6 Å².